The van der Waals surface area contributed by atoms with E-state index in [1.54, 1.807) is 25.3 Å². The topological polar surface area (TPSA) is 63.2 Å². The maximum absolute atomic E-state index is 15.2. The van der Waals surface area contributed by atoms with E-state index in [0.717, 1.165) is 35.9 Å². The van der Waals surface area contributed by atoms with Gasteiger partial charge in [-0.25, -0.2) is 8.78 Å². The number of anilines is 1. The van der Waals surface area contributed by atoms with Crippen molar-refractivity contribution in [1.82, 2.24) is 10.3 Å². The second-order valence-electron chi connectivity index (χ2n) is 8.08. The van der Waals surface area contributed by atoms with E-state index in [1.165, 1.54) is 6.07 Å². The second kappa shape index (κ2) is 9.99. The molecule has 35 heavy (non-hydrogen) atoms. The van der Waals surface area contributed by atoms with Gasteiger partial charge in [-0.05, 0) is 60.3 Å². The van der Waals surface area contributed by atoms with Crippen molar-refractivity contribution in [2.24, 2.45) is 0 Å². The van der Waals surface area contributed by atoms with Crippen LogP contribution in [0.15, 0.2) is 42.6 Å². The first-order chi connectivity index (χ1) is 16.7. The van der Waals surface area contributed by atoms with E-state index in [0.29, 0.717) is 24.9 Å². The van der Waals surface area contributed by atoms with Crippen LogP contribution in [0.3, 0.4) is 0 Å². The number of aromatic nitrogens is 1. The molecule has 0 radical (unpaired) electrons. The molecular formula is C25H22F5N3O2. The number of hydrogen-bond acceptors (Lipinski definition) is 4. The van der Waals surface area contributed by atoms with E-state index < -0.39 is 41.6 Å². The number of nitrogens with zero attached hydrogens (tertiary/aromatic N) is 1. The summed E-state index contributed by atoms with van der Waals surface area (Å²) in [5.74, 6) is -3.09. The van der Waals surface area contributed by atoms with Crippen LogP contribution in [-0.4, -0.2) is 30.2 Å². The average Bonchev–Trinajstić information content (AvgIpc) is 2.83. The van der Waals surface area contributed by atoms with E-state index in [9.17, 15) is 22.4 Å². The lowest BCUT2D eigenvalue weighted by Gasteiger charge is -2.19. The lowest BCUT2D eigenvalue weighted by Crippen LogP contribution is -2.23. The van der Waals surface area contributed by atoms with Gasteiger partial charge in [-0.1, -0.05) is 19.1 Å². The zero-order chi connectivity index (χ0) is 25.2. The highest BCUT2D eigenvalue weighted by molar-refractivity contribution is 6.07. The van der Waals surface area contributed by atoms with Gasteiger partial charge in [-0.3, -0.25) is 9.78 Å². The zero-order valence-corrected chi connectivity index (χ0v) is 18.7. The minimum atomic E-state index is -4.69. The van der Waals surface area contributed by atoms with Crippen molar-refractivity contribution in [2.75, 3.05) is 18.5 Å². The number of carbonyl (C=O) groups is 1. The summed E-state index contributed by atoms with van der Waals surface area (Å²) in [4.78, 5) is 17.2. The van der Waals surface area contributed by atoms with Crippen LogP contribution in [-0.2, 0) is 19.4 Å². The van der Waals surface area contributed by atoms with Gasteiger partial charge in [0.05, 0.1) is 16.9 Å². The number of alkyl halides is 3. The fraction of sp³-hybridized carbons (Fsp3) is 0.280. The van der Waals surface area contributed by atoms with E-state index in [-0.39, 0.29) is 16.9 Å². The van der Waals surface area contributed by atoms with E-state index in [1.807, 2.05) is 0 Å². The highest BCUT2D eigenvalue weighted by Crippen LogP contribution is 2.33. The van der Waals surface area contributed by atoms with Gasteiger partial charge < -0.3 is 15.4 Å². The molecule has 1 aliphatic heterocycles. The summed E-state index contributed by atoms with van der Waals surface area (Å²) in [5, 5.41) is 5.54. The van der Waals surface area contributed by atoms with Crippen LogP contribution in [0, 0.1) is 11.6 Å². The molecule has 3 aromatic rings. The van der Waals surface area contributed by atoms with Gasteiger partial charge in [0.15, 0.2) is 6.61 Å². The van der Waals surface area contributed by atoms with Crippen LogP contribution in [0.25, 0.3) is 11.3 Å². The molecular weight excluding hydrogens is 469 g/mol. The quantitative estimate of drug-likeness (QED) is 0.452. The van der Waals surface area contributed by atoms with Crippen molar-refractivity contribution in [3.05, 3.63) is 76.5 Å². The number of aryl methyl sites for hydroxylation is 1. The summed E-state index contributed by atoms with van der Waals surface area (Å²) >= 11 is 0. The standard InChI is InChI=1S/C25H22F5N3O2/c1-2-14-4-3-5-19(26)23(14)33-24(34)18-9-20(27)17(10-22(18)35-13-25(28,29)30)21-8-15-6-7-31-11-16(15)12-32-21/h3-5,8-10,12,31H,2,6-7,11,13H2,1H3,(H,33,34). The molecule has 2 aromatic carbocycles. The number of amides is 1. The Morgan fingerprint density at radius 2 is 1.94 bits per heavy atom. The molecule has 0 aliphatic carbocycles. The largest absolute Gasteiger partial charge is 0.483 e. The van der Waals surface area contributed by atoms with Gasteiger partial charge in [0.1, 0.15) is 17.4 Å². The van der Waals surface area contributed by atoms with Crippen LogP contribution < -0.4 is 15.4 Å². The smallest absolute Gasteiger partial charge is 0.422 e. The Hall–Kier alpha value is -3.53. The predicted octanol–water partition coefficient (Wildman–Crippen LogP) is 5.43. The number of nitrogens with one attached hydrogen (secondary N) is 2. The third kappa shape index (κ3) is 5.59. The third-order valence-corrected chi connectivity index (χ3v) is 5.67. The molecule has 5 nitrogen and oxygen atoms in total. The highest BCUT2D eigenvalue weighted by atomic mass is 19.4. The van der Waals surface area contributed by atoms with Crippen molar-refractivity contribution >= 4 is 11.6 Å². The molecule has 0 saturated heterocycles. The molecule has 2 heterocycles. The number of halogens is 5. The molecule has 0 bridgehead atoms. The molecule has 1 aromatic heterocycles. The Kier molecular flexibility index (Phi) is 7.02. The molecule has 0 unspecified atom stereocenters. The van der Waals surface area contributed by atoms with Crippen molar-refractivity contribution < 1.29 is 31.5 Å². The van der Waals surface area contributed by atoms with Crippen LogP contribution >= 0.6 is 0 Å². The summed E-state index contributed by atoms with van der Waals surface area (Å²) in [6.45, 7) is 1.40. The molecule has 2 N–H and O–H groups in total. The average molecular weight is 491 g/mol. The SMILES string of the molecule is CCc1cccc(F)c1NC(=O)c1cc(F)c(-c2cc3c(cn2)CNCC3)cc1OCC(F)(F)F. The van der Waals surface area contributed by atoms with E-state index in [2.05, 4.69) is 15.6 Å². The number of hydrogen-bond donors (Lipinski definition) is 2. The molecule has 0 saturated carbocycles. The number of rotatable bonds is 6. The monoisotopic (exact) mass is 491 g/mol. The summed E-state index contributed by atoms with van der Waals surface area (Å²) < 4.78 is 73.1. The number of carbonyl (C=O) groups excluding carboxylic acids is 1. The Labute approximate surface area is 198 Å². The fourth-order valence-corrected chi connectivity index (χ4v) is 3.90. The van der Waals surface area contributed by atoms with Crippen LogP contribution in [0.1, 0.15) is 34.0 Å². The molecule has 1 amide bonds. The van der Waals surface area contributed by atoms with Crippen molar-refractivity contribution in [3.8, 4) is 17.0 Å². The van der Waals surface area contributed by atoms with Crippen LogP contribution in [0.2, 0.25) is 0 Å². The van der Waals surface area contributed by atoms with Crippen molar-refractivity contribution in [1.29, 1.82) is 0 Å². The van der Waals surface area contributed by atoms with Gasteiger partial charge in [-0.2, -0.15) is 13.2 Å². The minimum absolute atomic E-state index is 0.111. The van der Waals surface area contributed by atoms with Crippen molar-refractivity contribution in [2.45, 2.75) is 32.5 Å². The van der Waals surface area contributed by atoms with Gasteiger partial charge in [-0.15, -0.1) is 0 Å². The summed E-state index contributed by atoms with van der Waals surface area (Å²) in [6, 6.07) is 7.68. The highest BCUT2D eigenvalue weighted by Gasteiger charge is 2.30. The van der Waals surface area contributed by atoms with Gasteiger partial charge in [0.25, 0.3) is 5.91 Å². The van der Waals surface area contributed by atoms with Gasteiger partial charge in [0, 0.05) is 18.3 Å². The Morgan fingerprint density at radius 1 is 1.14 bits per heavy atom. The molecule has 184 valence electrons. The predicted molar refractivity (Wildman–Crippen MR) is 120 cm³/mol. The van der Waals surface area contributed by atoms with Gasteiger partial charge >= 0.3 is 6.18 Å². The first-order valence-corrected chi connectivity index (χ1v) is 11.0. The number of benzene rings is 2. The Bertz CT molecular complexity index is 1260. The molecule has 10 heteroatoms. The maximum atomic E-state index is 15.2. The summed E-state index contributed by atoms with van der Waals surface area (Å²) in [5.41, 5.74) is 1.83. The molecule has 0 fully saturated rings. The number of fused-ring (bicyclic) bond motifs is 1. The number of pyridine rings is 1. The Morgan fingerprint density at radius 3 is 2.69 bits per heavy atom. The zero-order valence-electron chi connectivity index (χ0n) is 18.7. The van der Waals surface area contributed by atoms with E-state index >= 15 is 4.39 Å². The molecule has 0 spiro atoms. The first kappa shape index (κ1) is 24.6. The maximum Gasteiger partial charge on any atom is 0.422 e. The van der Waals surface area contributed by atoms with Crippen LogP contribution in [0.5, 0.6) is 5.75 Å². The first-order valence-electron chi connectivity index (χ1n) is 11.0. The lowest BCUT2D eigenvalue weighted by molar-refractivity contribution is -0.153. The molecule has 1 aliphatic rings. The number of para-hydroxylation sites is 1. The second-order valence-corrected chi connectivity index (χ2v) is 8.08. The number of ether oxygens (including phenoxy) is 1. The van der Waals surface area contributed by atoms with Crippen molar-refractivity contribution in [3.63, 3.8) is 0 Å². The molecule has 4 rings (SSSR count). The minimum Gasteiger partial charge on any atom is -0.483 e. The fourth-order valence-electron chi connectivity index (χ4n) is 3.90. The normalized spacial score (nSPS) is 13.3. The lowest BCUT2D eigenvalue weighted by atomic mass is 9.99. The van der Waals surface area contributed by atoms with E-state index in [4.69, 9.17) is 4.74 Å². The molecule has 0 atom stereocenters. The van der Waals surface area contributed by atoms with Crippen LogP contribution in [0.4, 0.5) is 27.6 Å². The Balaban J connectivity index is 1.74. The summed E-state index contributed by atoms with van der Waals surface area (Å²) in [6.07, 6.45) is -2.04. The van der Waals surface area contributed by atoms with Gasteiger partial charge in [0.2, 0.25) is 0 Å². The third-order valence-electron chi connectivity index (χ3n) is 5.67. The summed E-state index contributed by atoms with van der Waals surface area (Å²) in [7, 11) is 0.